The van der Waals surface area contributed by atoms with Crippen LogP contribution in [0.25, 0.3) is 16.8 Å². The van der Waals surface area contributed by atoms with Gasteiger partial charge in [0, 0.05) is 42.7 Å². The summed E-state index contributed by atoms with van der Waals surface area (Å²) >= 11 is 0. The summed E-state index contributed by atoms with van der Waals surface area (Å²) in [5.41, 5.74) is 3.99. The van der Waals surface area contributed by atoms with Gasteiger partial charge in [0.2, 0.25) is 0 Å². The highest BCUT2D eigenvalue weighted by Crippen LogP contribution is 2.39. The Morgan fingerprint density at radius 3 is 2.64 bits per heavy atom. The van der Waals surface area contributed by atoms with E-state index in [1.165, 1.54) is 0 Å². The van der Waals surface area contributed by atoms with Gasteiger partial charge in [0.05, 0.1) is 17.5 Å². The molecule has 0 amide bonds. The van der Waals surface area contributed by atoms with Gasteiger partial charge in [-0.1, -0.05) is 12.1 Å². The van der Waals surface area contributed by atoms with E-state index in [2.05, 4.69) is 9.97 Å². The highest BCUT2D eigenvalue weighted by Gasteiger charge is 2.27. The van der Waals surface area contributed by atoms with Gasteiger partial charge in [-0.15, -0.1) is 0 Å². The first-order valence-corrected chi connectivity index (χ1v) is 10.8. The predicted octanol–water partition coefficient (Wildman–Crippen LogP) is 4.40. The fourth-order valence-corrected chi connectivity index (χ4v) is 4.20. The van der Waals surface area contributed by atoms with Gasteiger partial charge in [0.1, 0.15) is 23.0 Å². The summed E-state index contributed by atoms with van der Waals surface area (Å²) in [6.45, 7) is -0.545. The number of halogens is 2. The van der Waals surface area contributed by atoms with Crippen molar-refractivity contribution in [3.05, 3.63) is 66.5 Å². The summed E-state index contributed by atoms with van der Waals surface area (Å²) in [6, 6.07) is 10.7. The molecule has 0 radical (unpaired) electrons. The number of alkyl halides is 2. The monoisotopic (exact) mass is 451 g/mol. The van der Waals surface area contributed by atoms with Crippen LogP contribution in [0, 0.1) is 0 Å². The van der Waals surface area contributed by atoms with Crippen LogP contribution in [0.5, 0.6) is 5.75 Å². The predicted molar refractivity (Wildman–Crippen MR) is 120 cm³/mol. The van der Waals surface area contributed by atoms with Crippen LogP contribution in [0.3, 0.4) is 0 Å². The number of pyridine rings is 1. The number of ether oxygens (including phenoxy) is 1. The zero-order valence-corrected chi connectivity index (χ0v) is 18.0. The third-order valence-corrected chi connectivity index (χ3v) is 5.60. The van der Waals surface area contributed by atoms with Crippen molar-refractivity contribution in [1.29, 1.82) is 0 Å². The molecule has 0 fully saturated rings. The number of aliphatic hydroxyl groups is 1. The number of para-hydroxylation sites is 2. The topological polar surface area (TPSA) is 75.8 Å². The molecule has 0 saturated carbocycles. The van der Waals surface area contributed by atoms with Crippen LogP contribution in [0.4, 0.5) is 20.3 Å². The molecular formula is C24H23F2N5O2. The number of fused-ring (bicyclic) bond motifs is 3. The van der Waals surface area contributed by atoms with Crippen molar-refractivity contribution in [2.75, 3.05) is 11.4 Å². The number of anilines is 2. The first kappa shape index (κ1) is 21.3. The quantitative estimate of drug-likeness (QED) is 0.468. The fourth-order valence-electron chi connectivity index (χ4n) is 4.20. The first-order chi connectivity index (χ1) is 16.0. The Hall–Kier alpha value is -3.59. The third-order valence-electron chi connectivity index (χ3n) is 5.60. The largest absolute Gasteiger partial charge is 0.433 e. The molecule has 33 heavy (non-hydrogen) atoms. The number of hydrogen-bond donors (Lipinski definition) is 1. The van der Waals surface area contributed by atoms with Crippen LogP contribution in [0.1, 0.15) is 24.9 Å². The van der Waals surface area contributed by atoms with E-state index < -0.39 is 12.7 Å². The minimum atomic E-state index is -2.90. The molecule has 3 aromatic heterocycles. The molecule has 1 unspecified atom stereocenters. The van der Waals surface area contributed by atoms with Crippen molar-refractivity contribution < 1.29 is 18.6 Å². The van der Waals surface area contributed by atoms with Gasteiger partial charge in [-0.25, -0.2) is 15.0 Å². The number of benzene rings is 1. The Labute approximate surface area is 189 Å². The average Bonchev–Trinajstić information content (AvgIpc) is 3.17. The molecule has 0 saturated heterocycles. The summed E-state index contributed by atoms with van der Waals surface area (Å²) in [5.74, 6) is 1.56. The number of imidazole rings is 1. The minimum absolute atomic E-state index is 0.133. The van der Waals surface area contributed by atoms with Crippen LogP contribution >= 0.6 is 0 Å². The third kappa shape index (κ3) is 4.23. The number of hydrogen-bond acceptors (Lipinski definition) is 6. The van der Waals surface area contributed by atoms with Gasteiger partial charge in [-0.2, -0.15) is 8.78 Å². The molecule has 1 atom stereocenters. The van der Waals surface area contributed by atoms with Gasteiger partial charge in [0.25, 0.3) is 0 Å². The SMILES string of the molecule is CC(O)Cc1ncc(-c2ccc3nc4c(n3c2)N(c2ccccc2OC(F)F)CCC4)cn1. The summed E-state index contributed by atoms with van der Waals surface area (Å²) in [7, 11) is 0. The second kappa shape index (κ2) is 8.74. The van der Waals surface area contributed by atoms with Crippen molar-refractivity contribution in [3.63, 3.8) is 0 Å². The van der Waals surface area contributed by atoms with Crippen LogP contribution in [-0.4, -0.2) is 43.7 Å². The van der Waals surface area contributed by atoms with Crippen molar-refractivity contribution >= 4 is 17.2 Å². The molecule has 0 spiro atoms. The lowest BCUT2D eigenvalue weighted by Gasteiger charge is -2.30. The Balaban J connectivity index is 1.57. The van der Waals surface area contributed by atoms with E-state index in [0.717, 1.165) is 41.1 Å². The van der Waals surface area contributed by atoms with Gasteiger partial charge < -0.3 is 14.7 Å². The maximum Gasteiger partial charge on any atom is 0.387 e. The zero-order chi connectivity index (χ0) is 22.9. The summed E-state index contributed by atoms with van der Waals surface area (Å²) in [6.07, 6.45) is 6.97. The molecule has 9 heteroatoms. The Morgan fingerprint density at radius 1 is 1.09 bits per heavy atom. The number of aliphatic hydroxyl groups excluding tert-OH is 1. The highest BCUT2D eigenvalue weighted by atomic mass is 19.3. The molecule has 170 valence electrons. The van der Waals surface area contributed by atoms with Crippen LogP contribution < -0.4 is 9.64 Å². The van der Waals surface area contributed by atoms with E-state index in [1.807, 2.05) is 33.7 Å². The molecule has 1 aliphatic rings. The molecule has 7 nitrogen and oxygen atoms in total. The van der Waals surface area contributed by atoms with E-state index in [0.29, 0.717) is 24.5 Å². The van der Waals surface area contributed by atoms with Crippen molar-refractivity contribution in [3.8, 4) is 16.9 Å². The highest BCUT2D eigenvalue weighted by molar-refractivity contribution is 5.74. The molecule has 1 N–H and O–H groups in total. The standard InChI is InChI=1S/C24H23F2N5O2/c1-15(32)11-21-27-12-17(13-28-21)16-8-9-22-29-18-5-4-10-30(23(18)31(22)14-16)19-6-2-3-7-20(19)33-24(25)26/h2-3,6-9,12-15,24,32H,4-5,10-11H2,1H3. The Bertz CT molecular complexity index is 1270. The first-order valence-electron chi connectivity index (χ1n) is 10.8. The molecule has 1 aromatic carbocycles. The summed E-state index contributed by atoms with van der Waals surface area (Å²) < 4.78 is 32.8. The minimum Gasteiger partial charge on any atom is -0.433 e. The number of rotatable bonds is 6. The van der Waals surface area contributed by atoms with Gasteiger partial charge >= 0.3 is 6.61 Å². The summed E-state index contributed by atoms with van der Waals surface area (Å²) in [4.78, 5) is 15.5. The Kier molecular flexibility index (Phi) is 5.63. The van der Waals surface area contributed by atoms with Gasteiger partial charge in [0.15, 0.2) is 0 Å². The molecule has 4 aromatic rings. The lowest BCUT2D eigenvalue weighted by molar-refractivity contribution is -0.0494. The molecule has 0 bridgehead atoms. The van der Waals surface area contributed by atoms with Crippen LogP contribution in [0.2, 0.25) is 0 Å². The maximum atomic E-state index is 13.0. The molecule has 4 heterocycles. The number of aromatic nitrogens is 4. The molecule has 0 aliphatic carbocycles. The molecular weight excluding hydrogens is 428 g/mol. The maximum absolute atomic E-state index is 13.0. The van der Waals surface area contributed by atoms with E-state index in [4.69, 9.17) is 9.72 Å². The van der Waals surface area contributed by atoms with Crippen molar-refractivity contribution in [2.24, 2.45) is 0 Å². The number of aryl methyl sites for hydroxylation is 1. The number of nitrogens with zero attached hydrogens (tertiary/aromatic N) is 5. The lowest BCUT2D eigenvalue weighted by atomic mass is 10.1. The second-order valence-corrected chi connectivity index (χ2v) is 8.07. The van der Waals surface area contributed by atoms with E-state index in [1.54, 1.807) is 37.5 Å². The van der Waals surface area contributed by atoms with E-state index >= 15 is 0 Å². The van der Waals surface area contributed by atoms with E-state index in [-0.39, 0.29) is 5.75 Å². The van der Waals surface area contributed by atoms with Crippen molar-refractivity contribution in [2.45, 2.75) is 38.9 Å². The zero-order valence-electron chi connectivity index (χ0n) is 18.0. The molecule has 1 aliphatic heterocycles. The fraction of sp³-hybridized carbons (Fsp3) is 0.292. The second-order valence-electron chi connectivity index (χ2n) is 8.07. The smallest absolute Gasteiger partial charge is 0.387 e. The summed E-state index contributed by atoms with van der Waals surface area (Å²) in [5, 5.41) is 9.54. The lowest BCUT2D eigenvalue weighted by Crippen LogP contribution is -2.26. The van der Waals surface area contributed by atoms with Gasteiger partial charge in [-0.3, -0.25) is 4.40 Å². The van der Waals surface area contributed by atoms with Crippen LogP contribution in [-0.2, 0) is 12.8 Å². The Morgan fingerprint density at radius 2 is 1.88 bits per heavy atom. The van der Waals surface area contributed by atoms with Gasteiger partial charge in [-0.05, 0) is 44.0 Å². The average molecular weight is 451 g/mol. The normalized spacial score (nSPS) is 14.5. The van der Waals surface area contributed by atoms with Crippen molar-refractivity contribution in [1.82, 2.24) is 19.4 Å². The molecule has 5 rings (SSSR count). The van der Waals surface area contributed by atoms with E-state index in [9.17, 15) is 13.9 Å². The van der Waals surface area contributed by atoms with Crippen LogP contribution in [0.15, 0.2) is 55.0 Å².